The van der Waals surface area contributed by atoms with Crippen LogP contribution in [0.3, 0.4) is 0 Å². The van der Waals surface area contributed by atoms with Gasteiger partial charge < -0.3 is 15.0 Å². The fourth-order valence-corrected chi connectivity index (χ4v) is 5.89. The highest BCUT2D eigenvalue weighted by Gasteiger charge is 2.33. The lowest BCUT2D eigenvalue weighted by molar-refractivity contribution is -0.139. The van der Waals surface area contributed by atoms with Crippen LogP contribution in [0.4, 0.5) is 10.1 Å². The summed E-state index contributed by atoms with van der Waals surface area (Å²) in [5.74, 6) is -0.856. The van der Waals surface area contributed by atoms with Crippen molar-refractivity contribution in [1.29, 1.82) is 0 Å². The number of carbonyl (C=O) groups excluding carboxylic acids is 2. The third kappa shape index (κ3) is 8.55. The van der Waals surface area contributed by atoms with Crippen LogP contribution in [-0.2, 0) is 26.0 Å². The predicted octanol–water partition coefficient (Wildman–Crippen LogP) is 5.18. The molecule has 3 aromatic rings. The number of benzene rings is 3. The van der Waals surface area contributed by atoms with Crippen LogP contribution in [0.25, 0.3) is 0 Å². The van der Waals surface area contributed by atoms with E-state index in [0.717, 1.165) is 40.6 Å². The monoisotopic (exact) mass is 597 g/mol. The third-order valence-corrected chi connectivity index (χ3v) is 8.78. The molecule has 3 rings (SSSR count). The molecule has 10 heteroatoms. The fourth-order valence-electron chi connectivity index (χ4n) is 4.47. The van der Waals surface area contributed by atoms with Gasteiger partial charge in [0, 0.05) is 12.6 Å². The van der Waals surface area contributed by atoms with Gasteiger partial charge in [-0.15, -0.1) is 0 Å². The summed E-state index contributed by atoms with van der Waals surface area (Å²) in [6.07, 6.45) is 1.55. The lowest BCUT2D eigenvalue weighted by Gasteiger charge is -2.33. The van der Waals surface area contributed by atoms with Gasteiger partial charge in [-0.3, -0.25) is 13.9 Å². The molecule has 226 valence electrons. The van der Waals surface area contributed by atoms with Crippen molar-refractivity contribution in [3.8, 4) is 5.75 Å². The number of anilines is 1. The molecule has 0 bridgehead atoms. The normalized spacial score (nSPS) is 12.7. The Kier molecular flexibility index (Phi) is 11.9. The van der Waals surface area contributed by atoms with Crippen LogP contribution in [0, 0.1) is 5.82 Å². The van der Waals surface area contributed by atoms with E-state index in [0.29, 0.717) is 25.2 Å². The van der Waals surface area contributed by atoms with Gasteiger partial charge in [0.05, 0.1) is 17.2 Å². The van der Waals surface area contributed by atoms with Crippen molar-refractivity contribution in [3.05, 3.63) is 90.2 Å². The lowest BCUT2D eigenvalue weighted by Crippen LogP contribution is -2.54. The Labute approximate surface area is 248 Å². The van der Waals surface area contributed by atoms with E-state index in [1.807, 2.05) is 58.0 Å². The molecule has 0 aromatic heterocycles. The second-order valence-corrected chi connectivity index (χ2v) is 11.8. The Balaban J connectivity index is 2.01. The molecule has 0 aliphatic rings. The molecule has 0 saturated heterocycles. The highest BCUT2D eigenvalue weighted by molar-refractivity contribution is 7.92. The van der Waals surface area contributed by atoms with Crippen molar-refractivity contribution < 1.29 is 27.1 Å². The number of amides is 2. The van der Waals surface area contributed by atoms with Crippen LogP contribution in [0.5, 0.6) is 5.75 Å². The maximum absolute atomic E-state index is 14.1. The first-order chi connectivity index (χ1) is 20.1. The number of nitrogens with zero attached hydrogens (tertiary/aromatic N) is 2. The maximum Gasteiger partial charge on any atom is 0.264 e. The molecule has 2 amide bonds. The molecule has 3 aromatic carbocycles. The predicted molar refractivity (Wildman–Crippen MR) is 162 cm³/mol. The zero-order valence-electron chi connectivity index (χ0n) is 24.6. The first-order valence-electron chi connectivity index (χ1n) is 14.3. The Bertz CT molecular complexity index is 1400. The molecule has 0 aliphatic heterocycles. The average Bonchev–Trinajstić information content (AvgIpc) is 2.99. The van der Waals surface area contributed by atoms with Crippen molar-refractivity contribution in [2.45, 2.75) is 63.9 Å². The summed E-state index contributed by atoms with van der Waals surface area (Å²) in [5, 5.41) is 2.96. The summed E-state index contributed by atoms with van der Waals surface area (Å²) >= 11 is 0. The highest BCUT2D eigenvalue weighted by Crippen LogP contribution is 2.27. The lowest BCUT2D eigenvalue weighted by atomic mass is 10.1. The summed E-state index contributed by atoms with van der Waals surface area (Å²) in [5.41, 5.74) is 1.21. The van der Waals surface area contributed by atoms with Crippen molar-refractivity contribution in [2.24, 2.45) is 0 Å². The molecule has 0 fully saturated rings. The van der Waals surface area contributed by atoms with Crippen LogP contribution in [0.1, 0.15) is 46.1 Å². The average molecular weight is 598 g/mol. The smallest absolute Gasteiger partial charge is 0.264 e. The largest absolute Gasteiger partial charge is 0.494 e. The van der Waals surface area contributed by atoms with Crippen LogP contribution in [0.15, 0.2) is 83.8 Å². The molecule has 0 saturated carbocycles. The summed E-state index contributed by atoms with van der Waals surface area (Å²) in [4.78, 5) is 28.7. The van der Waals surface area contributed by atoms with Gasteiger partial charge in [-0.25, -0.2) is 12.8 Å². The maximum atomic E-state index is 14.1. The molecule has 42 heavy (non-hydrogen) atoms. The number of halogens is 1. The first kappa shape index (κ1) is 32.6. The second kappa shape index (κ2) is 15.3. The topological polar surface area (TPSA) is 96.0 Å². The van der Waals surface area contributed by atoms with Crippen molar-refractivity contribution in [1.82, 2.24) is 10.2 Å². The summed E-state index contributed by atoms with van der Waals surface area (Å²) in [6, 6.07) is 19.5. The van der Waals surface area contributed by atoms with E-state index in [-0.39, 0.29) is 29.1 Å². The van der Waals surface area contributed by atoms with E-state index in [1.54, 1.807) is 24.3 Å². The minimum absolute atomic E-state index is 0.0863. The number of carbonyl (C=O) groups is 2. The van der Waals surface area contributed by atoms with Crippen molar-refractivity contribution in [2.75, 3.05) is 24.0 Å². The number of rotatable bonds is 15. The number of ether oxygens (including phenoxy) is 1. The van der Waals surface area contributed by atoms with E-state index < -0.39 is 34.3 Å². The SMILES string of the molecule is CCOc1ccc(N(CC(=O)N(CCc2ccccc2)[C@H](CC)C(=O)N[C@H](C)CC)S(=O)(=O)c2ccc(F)cc2)cc1. The molecule has 0 aliphatic carbocycles. The van der Waals surface area contributed by atoms with Gasteiger partial charge in [0.1, 0.15) is 24.2 Å². The van der Waals surface area contributed by atoms with Gasteiger partial charge in [0.25, 0.3) is 10.0 Å². The Morgan fingerprint density at radius 2 is 1.55 bits per heavy atom. The zero-order chi connectivity index (χ0) is 30.7. The van der Waals surface area contributed by atoms with Crippen molar-refractivity contribution >= 4 is 27.5 Å². The number of nitrogens with one attached hydrogen (secondary N) is 1. The molecule has 0 spiro atoms. The van der Waals surface area contributed by atoms with Gasteiger partial charge in [-0.2, -0.15) is 0 Å². The van der Waals surface area contributed by atoms with Crippen LogP contribution in [-0.4, -0.2) is 56.9 Å². The van der Waals surface area contributed by atoms with E-state index in [1.165, 1.54) is 4.90 Å². The van der Waals surface area contributed by atoms with Gasteiger partial charge >= 0.3 is 0 Å². The highest BCUT2D eigenvalue weighted by atomic mass is 32.2. The minimum Gasteiger partial charge on any atom is -0.494 e. The second-order valence-electron chi connectivity index (χ2n) is 9.96. The molecule has 0 heterocycles. The van der Waals surface area contributed by atoms with E-state index in [9.17, 15) is 22.4 Å². The van der Waals surface area contributed by atoms with Gasteiger partial charge in [-0.1, -0.05) is 44.2 Å². The Morgan fingerprint density at radius 1 is 0.905 bits per heavy atom. The summed E-state index contributed by atoms with van der Waals surface area (Å²) in [6.45, 7) is 7.59. The molecular formula is C32H40FN3O5S. The van der Waals surface area contributed by atoms with Gasteiger partial charge in [0.15, 0.2) is 0 Å². The Morgan fingerprint density at radius 3 is 2.12 bits per heavy atom. The molecule has 8 nitrogen and oxygen atoms in total. The van der Waals surface area contributed by atoms with E-state index in [2.05, 4.69) is 5.32 Å². The van der Waals surface area contributed by atoms with Gasteiger partial charge in [0.2, 0.25) is 11.8 Å². The fraction of sp³-hybridized carbons (Fsp3) is 0.375. The first-order valence-corrected chi connectivity index (χ1v) is 15.7. The number of hydrogen-bond donors (Lipinski definition) is 1. The molecule has 0 radical (unpaired) electrons. The van der Waals surface area contributed by atoms with E-state index >= 15 is 0 Å². The molecular weight excluding hydrogens is 557 g/mol. The minimum atomic E-state index is -4.29. The molecule has 2 atom stereocenters. The number of sulfonamides is 1. The standard InChI is InChI=1S/C32H40FN3O5S/c1-5-24(4)34-32(38)30(6-2)35(22-21-25-11-9-8-10-12-25)31(37)23-36(27-15-17-28(18-16-27)41-7-3)42(39,40)29-19-13-26(33)14-20-29/h8-20,24,30H,5-7,21-23H2,1-4H3,(H,34,38)/t24-,30-/m1/s1. The number of hydrogen-bond acceptors (Lipinski definition) is 5. The van der Waals surface area contributed by atoms with Crippen LogP contribution >= 0.6 is 0 Å². The third-order valence-electron chi connectivity index (χ3n) is 6.99. The molecule has 0 unspecified atom stereocenters. The molecule has 1 N–H and O–H groups in total. The zero-order valence-corrected chi connectivity index (χ0v) is 25.4. The van der Waals surface area contributed by atoms with Gasteiger partial charge in [-0.05, 0) is 87.2 Å². The summed E-state index contributed by atoms with van der Waals surface area (Å²) < 4.78 is 47.9. The van der Waals surface area contributed by atoms with E-state index in [4.69, 9.17) is 4.74 Å². The van der Waals surface area contributed by atoms with Crippen LogP contribution < -0.4 is 14.4 Å². The quantitative estimate of drug-likeness (QED) is 0.260. The van der Waals surface area contributed by atoms with Crippen molar-refractivity contribution in [3.63, 3.8) is 0 Å². The summed E-state index contributed by atoms with van der Waals surface area (Å²) in [7, 11) is -4.29. The Hall–Kier alpha value is -3.92. The van der Waals surface area contributed by atoms with Crippen LogP contribution in [0.2, 0.25) is 0 Å².